The van der Waals surface area contributed by atoms with Gasteiger partial charge in [-0.15, -0.1) is 0 Å². The van der Waals surface area contributed by atoms with E-state index in [0.29, 0.717) is 25.0 Å². The number of ketones is 1. The molecule has 1 aromatic heterocycles. The maximum atomic E-state index is 13.6. The van der Waals surface area contributed by atoms with Crippen LogP contribution in [0.15, 0.2) is 67.0 Å². The van der Waals surface area contributed by atoms with E-state index in [2.05, 4.69) is 4.98 Å². The number of carbonyl (C=O) groups excluding carboxylic acids is 1. The Morgan fingerprint density at radius 2 is 1.81 bits per heavy atom. The molecule has 0 saturated heterocycles. The highest BCUT2D eigenvalue weighted by Crippen LogP contribution is 2.17. The summed E-state index contributed by atoms with van der Waals surface area (Å²) >= 11 is 0. The molecule has 0 unspecified atom stereocenters. The fourth-order valence-electron chi connectivity index (χ4n) is 2.66. The standard InChI is InChI=1S/C22H19F2NO2/c23-19-6-10-22(24)18(13-19)15-27-21-8-4-16(5-9-21)12-20(26)7-3-17-2-1-11-25-14-17/h1-2,4-6,8-11,13-14H,3,7,12,15H2. The fourth-order valence-corrected chi connectivity index (χ4v) is 2.66. The molecule has 3 aromatic rings. The summed E-state index contributed by atoms with van der Waals surface area (Å²) in [6.45, 7) is -0.0625. The molecule has 0 bridgehead atoms. The molecule has 3 rings (SSSR count). The third-order valence-electron chi connectivity index (χ3n) is 4.14. The van der Waals surface area contributed by atoms with Crippen LogP contribution >= 0.6 is 0 Å². The van der Waals surface area contributed by atoms with E-state index in [1.807, 2.05) is 12.1 Å². The Kier molecular flexibility index (Phi) is 6.26. The lowest BCUT2D eigenvalue weighted by atomic mass is 10.0. The van der Waals surface area contributed by atoms with Crippen LogP contribution in [-0.2, 0) is 24.2 Å². The number of benzene rings is 2. The molecule has 27 heavy (non-hydrogen) atoms. The van der Waals surface area contributed by atoms with Gasteiger partial charge < -0.3 is 4.74 Å². The van der Waals surface area contributed by atoms with Crippen LogP contribution in [0.3, 0.4) is 0 Å². The number of hydrogen-bond donors (Lipinski definition) is 0. The largest absolute Gasteiger partial charge is 0.489 e. The first-order valence-electron chi connectivity index (χ1n) is 8.66. The van der Waals surface area contributed by atoms with Crippen molar-refractivity contribution < 1.29 is 18.3 Å². The molecule has 2 aromatic carbocycles. The zero-order valence-electron chi connectivity index (χ0n) is 14.7. The molecule has 0 aliphatic rings. The number of carbonyl (C=O) groups is 1. The lowest BCUT2D eigenvalue weighted by Gasteiger charge is -2.08. The molecule has 0 spiro atoms. The summed E-state index contributed by atoms with van der Waals surface area (Å²) in [6.07, 6.45) is 4.95. The van der Waals surface area contributed by atoms with Gasteiger partial charge in [0.25, 0.3) is 0 Å². The number of Topliss-reactive ketones (excluding diaryl/α,β-unsaturated/α-hetero) is 1. The van der Waals surface area contributed by atoms with Crippen molar-refractivity contribution in [3.8, 4) is 5.75 Å². The second-order valence-corrected chi connectivity index (χ2v) is 6.25. The fraction of sp³-hybridized carbons (Fsp3) is 0.182. The van der Waals surface area contributed by atoms with Gasteiger partial charge in [-0.3, -0.25) is 9.78 Å². The second kappa shape index (κ2) is 9.03. The van der Waals surface area contributed by atoms with E-state index in [0.717, 1.165) is 29.3 Å². The first-order valence-corrected chi connectivity index (χ1v) is 8.66. The molecule has 3 nitrogen and oxygen atoms in total. The molecular formula is C22H19F2NO2. The molecule has 5 heteroatoms. The zero-order valence-corrected chi connectivity index (χ0v) is 14.7. The molecule has 1 heterocycles. The first kappa shape index (κ1) is 18.7. The Balaban J connectivity index is 1.49. The average molecular weight is 367 g/mol. The van der Waals surface area contributed by atoms with Crippen molar-refractivity contribution in [1.29, 1.82) is 0 Å². The van der Waals surface area contributed by atoms with Gasteiger partial charge in [-0.2, -0.15) is 0 Å². The van der Waals surface area contributed by atoms with E-state index >= 15 is 0 Å². The summed E-state index contributed by atoms with van der Waals surface area (Å²) in [5.41, 5.74) is 2.08. The number of nitrogens with zero attached hydrogens (tertiary/aromatic N) is 1. The van der Waals surface area contributed by atoms with Crippen LogP contribution in [0.5, 0.6) is 5.75 Å². The van der Waals surface area contributed by atoms with Crippen LogP contribution in [0.1, 0.15) is 23.1 Å². The number of ether oxygens (including phenoxy) is 1. The van der Waals surface area contributed by atoms with Crippen molar-refractivity contribution in [2.45, 2.75) is 25.9 Å². The van der Waals surface area contributed by atoms with E-state index < -0.39 is 11.6 Å². The SMILES string of the molecule is O=C(CCc1cccnc1)Cc1ccc(OCc2cc(F)ccc2F)cc1. The summed E-state index contributed by atoms with van der Waals surface area (Å²) in [5.74, 6) is -0.332. The predicted molar refractivity (Wildman–Crippen MR) is 98.4 cm³/mol. The topological polar surface area (TPSA) is 39.2 Å². The molecule has 0 aliphatic carbocycles. The number of aryl methyl sites for hydroxylation is 1. The summed E-state index contributed by atoms with van der Waals surface area (Å²) in [5, 5.41) is 0. The average Bonchev–Trinajstić information content (AvgIpc) is 2.69. The van der Waals surface area contributed by atoms with E-state index in [-0.39, 0.29) is 18.0 Å². The monoisotopic (exact) mass is 367 g/mol. The van der Waals surface area contributed by atoms with Gasteiger partial charge in [-0.1, -0.05) is 18.2 Å². The smallest absolute Gasteiger partial charge is 0.137 e. The van der Waals surface area contributed by atoms with Crippen LogP contribution in [0, 0.1) is 11.6 Å². The molecule has 0 N–H and O–H groups in total. The van der Waals surface area contributed by atoms with Crippen LogP contribution < -0.4 is 4.74 Å². The summed E-state index contributed by atoms with van der Waals surface area (Å²) in [4.78, 5) is 16.2. The van der Waals surface area contributed by atoms with Gasteiger partial charge in [-0.25, -0.2) is 8.78 Å². The third kappa shape index (κ3) is 5.71. The van der Waals surface area contributed by atoms with Gasteiger partial charge in [0.05, 0.1) is 0 Å². The highest BCUT2D eigenvalue weighted by Gasteiger charge is 2.07. The summed E-state index contributed by atoms with van der Waals surface area (Å²) < 4.78 is 32.2. The van der Waals surface area contributed by atoms with Crippen LogP contribution in [-0.4, -0.2) is 10.8 Å². The Labute approximate surface area is 156 Å². The van der Waals surface area contributed by atoms with Crippen molar-refractivity contribution >= 4 is 5.78 Å². The molecule has 0 radical (unpaired) electrons. The summed E-state index contributed by atoms with van der Waals surface area (Å²) in [7, 11) is 0. The molecular weight excluding hydrogens is 348 g/mol. The molecule has 138 valence electrons. The van der Waals surface area contributed by atoms with Gasteiger partial charge in [0.2, 0.25) is 0 Å². The number of pyridine rings is 1. The number of hydrogen-bond acceptors (Lipinski definition) is 3. The lowest BCUT2D eigenvalue weighted by molar-refractivity contribution is -0.118. The normalized spacial score (nSPS) is 10.6. The third-order valence-corrected chi connectivity index (χ3v) is 4.14. The van der Waals surface area contributed by atoms with Crippen molar-refractivity contribution in [2.24, 2.45) is 0 Å². The Morgan fingerprint density at radius 3 is 2.56 bits per heavy atom. The number of rotatable bonds is 8. The highest BCUT2D eigenvalue weighted by molar-refractivity contribution is 5.81. The second-order valence-electron chi connectivity index (χ2n) is 6.25. The van der Waals surface area contributed by atoms with Crippen LogP contribution in [0.25, 0.3) is 0 Å². The van der Waals surface area contributed by atoms with E-state index in [4.69, 9.17) is 4.74 Å². The van der Waals surface area contributed by atoms with Crippen molar-refractivity contribution in [1.82, 2.24) is 4.98 Å². The van der Waals surface area contributed by atoms with Gasteiger partial charge in [0, 0.05) is 30.8 Å². The maximum Gasteiger partial charge on any atom is 0.137 e. The van der Waals surface area contributed by atoms with Gasteiger partial charge >= 0.3 is 0 Å². The molecule has 0 amide bonds. The molecule has 0 fully saturated rings. The van der Waals surface area contributed by atoms with Gasteiger partial charge in [-0.05, 0) is 53.9 Å². The van der Waals surface area contributed by atoms with Gasteiger partial charge in [0.1, 0.15) is 29.8 Å². The predicted octanol–water partition coefficient (Wildman–Crippen LogP) is 4.68. The lowest BCUT2D eigenvalue weighted by Crippen LogP contribution is -2.04. The van der Waals surface area contributed by atoms with E-state index in [9.17, 15) is 13.6 Å². The van der Waals surface area contributed by atoms with Crippen molar-refractivity contribution in [3.63, 3.8) is 0 Å². The van der Waals surface area contributed by atoms with Gasteiger partial charge in [0.15, 0.2) is 0 Å². The minimum Gasteiger partial charge on any atom is -0.489 e. The molecule has 0 saturated carbocycles. The quantitative estimate of drug-likeness (QED) is 0.580. The Bertz CT molecular complexity index is 896. The minimum atomic E-state index is -0.507. The van der Waals surface area contributed by atoms with E-state index in [1.54, 1.807) is 36.7 Å². The maximum absolute atomic E-state index is 13.6. The number of aromatic nitrogens is 1. The number of halogens is 2. The van der Waals surface area contributed by atoms with Crippen molar-refractivity contribution in [2.75, 3.05) is 0 Å². The van der Waals surface area contributed by atoms with Crippen LogP contribution in [0.2, 0.25) is 0 Å². The van der Waals surface area contributed by atoms with E-state index in [1.165, 1.54) is 0 Å². The zero-order chi connectivity index (χ0) is 19.1. The summed E-state index contributed by atoms with van der Waals surface area (Å²) in [6, 6.07) is 14.1. The minimum absolute atomic E-state index is 0.0625. The highest BCUT2D eigenvalue weighted by atomic mass is 19.1. The Hall–Kier alpha value is -3.08. The van der Waals surface area contributed by atoms with Crippen LogP contribution in [0.4, 0.5) is 8.78 Å². The molecule has 0 aliphatic heterocycles. The Morgan fingerprint density at radius 1 is 1.00 bits per heavy atom. The first-order chi connectivity index (χ1) is 13.1. The van der Waals surface area contributed by atoms with Crippen molar-refractivity contribution in [3.05, 3.63) is 95.3 Å². The molecule has 0 atom stereocenters.